The van der Waals surface area contributed by atoms with Crippen molar-refractivity contribution in [3.8, 4) is 0 Å². The summed E-state index contributed by atoms with van der Waals surface area (Å²) in [5.41, 5.74) is 0.404. The standard InChI is InChI=1S/C15H17Cl2NO3/c16-11-6-3-7-12(15(11)17)18-13(19)9-21-14(20)8-10-4-1-2-5-10/h3,6-7,10H,1-2,4-5,8-9H2,(H,18,19). The molecule has 1 fully saturated rings. The number of nitrogens with one attached hydrogen (secondary N) is 1. The maximum atomic E-state index is 11.7. The zero-order valence-corrected chi connectivity index (χ0v) is 13.0. The molecule has 1 N–H and O–H groups in total. The zero-order chi connectivity index (χ0) is 15.2. The van der Waals surface area contributed by atoms with Crippen molar-refractivity contribution in [1.29, 1.82) is 0 Å². The molecule has 0 bridgehead atoms. The first kappa shape index (κ1) is 16.1. The minimum atomic E-state index is -0.432. The molecule has 0 unspecified atom stereocenters. The third-order valence-corrected chi connectivity index (χ3v) is 4.34. The van der Waals surface area contributed by atoms with Crippen LogP contribution < -0.4 is 5.32 Å². The second-order valence-corrected chi connectivity index (χ2v) is 5.95. The SMILES string of the molecule is O=C(COC(=O)CC1CCCC1)Nc1cccc(Cl)c1Cl. The molecule has 1 aromatic carbocycles. The summed E-state index contributed by atoms with van der Waals surface area (Å²) in [4.78, 5) is 23.4. The third-order valence-electron chi connectivity index (χ3n) is 3.52. The van der Waals surface area contributed by atoms with Crippen LogP contribution in [0.25, 0.3) is 0 Å². The molecule has 2 rings (SSSR count). The van der Waals surface area contributed by atoms with Crippen molar-refractivity contribution in [3.05, 3.63) is 28.2 Å². The van der Waals surface area contributed by atoms with Crippen molar-refractivity contribution in [1.82, 2.24) is 0 Å². The lowest BCUT2D eigenvalue weighted by atomic mass is 10.1. The number of ether oxygens (including phenoxy) is 1. The normalized spacial score (nSPS) is 15.0. The highest BCUT2D eigenvalue weighted by atomic mass is 35.5. The molecule has 0 saturated heterocycles. The van der Waals surface area contributed by atoms with Gasteiger partial charge in [-0.2, -0.15) is 0 Å². The Bertz CT molecular complexity index is 528. The van der Waals surface area contributed by atoms with Crippen molar-refractivity contribution in [2.75, 3.05) is 11.9 Å². The van der Waals surface area contributed by atoms with Crippen LogP contribution in [0.2, 0.25) is 10.0 Å². The Morgan fingerprint density at radius 1 is 1.24 bits per heavy atom. The van der Waals surface area contributed by atoms with Crippen molar-refractivity contribution in [2.24, 2.45) is 5.92 Å². The fraction of sp³-hybridized carbons (Fsp3) is 0.467. The average molecular weight is 330 g/mol. The van der Waals surface area contributed by atoms with E-state index >= 15 is 0 Å². The molecule has 21 heavy (non-hydrogen) atoms. The summed E-state index contributed by atoms with van der Waals surface area (Å²) in [5, 5.41) is 3.19. The number of anilines is 1. The molecule has 0 radical (unpaired) electrons. The largest absolute Gasteiger partial charge is 0.456 e. The topological polar surface area (TPSA) is 55.4 Å². The van der Waals surface area contributed by atoms with Crippen LogP contribution in [0.3, 0.4) is 0 Å². The van der Waals surface area contributed by atoms with Gasteiger partial charge in [0.25, 0.3) is 5.91 Å². The van der Waals surface area contributed by atoms with E-state index in [1.165, 1.54) is 12.8 Å². The monoisotopic (exact) mass is 329 g/mol. The van der Waals surface area contributed by atoms with E-state index in [0.717, 1.165) is 12.8 Å². The number of carbonyl (C=O) groups is 2. The Morgan fingerprint density at radius 2 is 1.95 bits per heavy atom. The van der Waals surface area contributed by atoms with Crippen LogP contribution in [0.15, 0.2) is 18.2 Å². The van der Waals surface area contributed by atoms with Crippen LogP contribution in [0.5, 0.6) is 0 Å². The second-order valence-electron chi connectivity index (χ2n) is 5.16. The van der Waals surface area contributed by atoms with Gasteiger partial charge in [0.2, 0.25) is 0 Å². The van der Waals surface area contributed by atoms with Gasteiger partial charge in [-0.25, -0.2) is 0 Å². The fourth-order valence-electron chi connectivity index (χ4n) is 2.44. The third kappa shape index (κ3) is 4.90. The molecule has 114 valence electrons. The Hall–Kier alpha value is -1.26. The highest BCUT2D eigenvalue weighted by molar-refractivity contribution is 6.43. The van der Waals surface area contributed by atoms with Gasteiger partial charge >= 0.3 is 5.97 Å². The highest BCUT2D eigenvalue weighted by Crippen LogP contribution is 2.29. The van der Waals surface area contributed by atoms with Gasteiger partial charge in [-0.1, -0.05) is 42.1 Å². The summed E-state index contributed by atoms with van der Waals surface area (Å²) in [6.07, 6.45) is 4.88. The van der Waals surface area contributed by atoms with Gasteiger partial charge < -0.3 is 10.1 Å². The van der Waals surface area contributed by atoms with E-state index in [9.17, 15) is 9.59 Å². The molecule has 0 aromatic heterocycles. The van der Waals surface area contributed by atoms with Crippen LogP contribution in [-0.2, 0) is 14.3 Å². The van der Waals surface area contributed by atoms with Crippen molar-refractivity contribution >= 4 is 40.8 Å². The van der Waals surface area contributed by atoms with Gasteiger partial charge in [-0.3, -0.25) is 9.59 Å². The van der Waals surface area contributed by atoms with Gasteiger partial charge in [0.05, 0.1) is 15.7 Å². The molecule has 1 amide bonds. The minimum Gasteiger partial charge on any atom is -0.456 e. The number of halogens is 2. The lowest BCUT2D eigenvalue weighted by Gasteiger charge is -2.10. The minimum absolute atomic E-state index is 0.268. The molecule has 1 aromatic rings. The maximum absolute atomic E-state index is 11.7. The summed E-state index contributed by atoms with van der Waals surface area (Å²) >= 11 is 11.8. The Kier molecular flexibility index (Phi) is 5.88. The molecular formula is C15H17Cl2NO3. The molecule has 0 aliphatic heterocycles. The van der Waals surface area contributed by atoms with Gasteiger partial charge in [0.1, 0.15) is 0 Å². The van der Waals surface area contributed by atoms with Gasteiger partial charge in [-0.05, 0) is 30.9 Å². The maximum Gasteiger partial charge on any atom is 0.306 e. The predicted molar refractivity (Wildman–Crippen MR) is 82.6 cm³/mol. The van der Waals surface area contributed by atoms with Crippen LogP contribution >= 0.6 is 23.2 Å². The first-order valence-electron chi connectivity index (χ1n) is 6.95. The number of hydrogen-bond donors (Lipinski definition) is 1. The van der Waals surface area contributed by atoms with Gasteiger partial charge in [-0.15, -0.1) is 0 Å². The van der Waals surface area contributed by atoms with Crippen LogP contribution in [0, 0.1) is 5.92 Å². The molecule has 1 aliphatic carbocycles. The lowest BCUT2D eigenvalue weighted by molar-refractivity contribution is -0.148. The van der Waals surface area contributed by atoms with E-state index in [2.05, 4.69) is 5.32 Å². The van der Waals surface area contributed by atoms with Crippen molar-refractivity contribution in [2.45, 2.75) is 32.1 Å². The highest BCUT2D eigenvalue weighted by Gasteiger charge is 2.19. The van der Waals surface area contributed by atoms with Gasteiger partial charge in [0.15, 0.2) is 6.61 Å². The van der Waals surface area contributed by atoms with E-state index in [-0.39, 0.29) is 17.6 Å². The molecule has 4 nitrogen and oxygen atoms in total. The van der Waals surface area contributed by atoms with E-state index in [1.807, 2.05) is 0 Å². The lowest BCUT2D eigenvalue weighted by Crippen LogP contribution is -2.21. The molecule has 1 aliphatic rings. The molecule has 1 saturated carbocycles. The number of benzene rings is 1. The Balaban J connectivity index is 1.76. The summed E-state index contributed by atoms with van der Waals surface area (Å²) in [6.45, 7) is -0.311. The predicted octanol–water partition coefficient (Wildman–Crippen LogP) is 4.06. The average Bonchev–Trinajstić information content (AvgIpc) is 2.94. The number of esters is 1. The molecule has 0 atom stereocenters. The number of carbonyl (C=O) groups excluding carboxylic acids is 2. The van der Waals surface area contributed by atoms with Crippen LogP contribution in [0.1, 0.15) is 32.1 Å². The quantitative estimate of drug-likeness (QED) is 0.829. The summed E-state index contributed by atoms with van der Waals surface area (Å²) in [5.74, 6) is -0.351. The van der Waals surface area contributed by atoms with Gasteiger partial charge in [0, 0.05) is 6.42 Å². The molecule has 6 heteroatoms. The van der Waals surface area contributed by atoms with E-state index < -0.39 is 5.91 Å². The smallest absolute Gasteiger partial charge is 0.306 e. The molecule has 0 spiro atoms. The summed E-state index contributed by atoms with van der Waals surface area (Å²) in [7, 11) is 0. The number of amides is 1. The number of rotatable bonds is 5. The van der Waals surface area contributed by atoms with E-state index in [4.69, 9.17) is 27.9 Å². The number of hydrogen-bond acceptors (Lipinski definition) is 3. The van der Waals surface area contributed by atoms with E-state index in [1.54, 1.807) is 18.2 Å². The summed E-state index contributed by atoms with van der Waals surface area (Å²) in [6, 6.07) is 4.93. The van der Waals surface area contributed by atoms with Crippen molar-refractivity contribution in [3.63, 3.8) is 0 Å². The van der Waals surface area contributed by atoms with Crippen LogP contribution in [0.4, 0.5) is 5.69 Å². The Labute approximate surface area is 133 Å². The van der Waals surface area contributed by atoms with E-state index in [0.29, 0.717) is 23.0 Å². The fourth-order valence-corrected chi connectivity index (χ4v) is 2.79. The summed E-state index contributed by atoms with van der Waals surface area (Å²) < 4.78 is 4.98. The second kappa shape index (κ2) is 7.66. The molecule has 0 heterocycles. The van der Waals surface area contributed by atoms with Crippen molar-refractivity contribution < 1.29 is 14.3 Å². The Morgan fingerprint density at radius 3 is 2.67 bits per heavy atom. The zero-order valence-electron chi connectivity index (χ0n) is 11.5. The first-order chi connectivity index (χ1) is 10.1. The van der Waals surface area contributed by atoms with Crippen LogP contribution in [-0.4, -0.2) is 18.5 Å². The first-order valence-corrected chi connectivity index (χ1v) is 7.71. The molecular weight excluding hydrogens is 313 g/mol.